The highest BCUT2D eigenvalue weighted by molar-refractivity contribution is 5.87. The summed E-state index contributed by atoms with van der Waals surface area (Å²) in [6.07, 6.45) is 3.55. The highest BCUT2D eigenvalue weighted by Gasteiger charge is 2.20. The number of aryl methyl sites for hydroxylation is 2. The van der Waals surface area contributed by atoms with Gasteiger partial charge in [0.2, 0.25) is 0 Å². The van der Waals surface area contributed by atoms with Gasteiger partial charge >= 0.3 is 0 Å². The second kappa shape index (κ2) is 5.87. The Morgan fingerprint density at radius 1 is 1.00 bits per heavy atom. The molecule has 1 aromatic carbocycles. The molecular formula is C18H22N6. The van der Waals surface area contributed by atoms with E-state index in [4.69, 9.17) is 0 Å². The summed E-state index contributed by atoms with van der Waals surface area (Å²) in [5, 5.41) is 5.63. The standard InChI is InChI=1S/C18H22N6/c1-13-4-5-14(2)16(10-13)24-18-15(11-21-24)17(19-12-20-18)23-8-6-22(3)7-9-23/h4-5,10-12H,6-9H2,1-3H3. The number of anilines is 1. The van der Waals surface area contributed by atoms with Crippen molar-refractivity contribution in [3.8, 4) is 5.69 Å². The Bertz CT molecular complexity index is 876. The molecule has 0 atom stereocenters. The number of hydrogen-bond donors (Lipinski definition) is 0. The molecule has 1 saturated heterocycles. The molecule has 2 aromatic heterocycles. The van der Waals surface area contributed by atoms with Gasteiger partial charge < -0.3 is 9.80 Å². The van der Waals surface area contributed by atoms with E-state index in [1.54, 1.807) is 6.33 Å². The Balaban J connectivity index is 1.81. The molecule has 0 N–H and O–H groups in total. The number of piperazine rings is 1. The molecule has 0 spiro atoms. The van der Waals surface area contributed by atoms with Crippen LogP contribution in [0.25, 0.3) is 16.7 Å². The highest BCUT2D eigenvalue weighted by Crippen LogP contribution is 2.26. The van der Waals surface area contributed by atoms with Crippen molar-refractivity contribution in [3.63, 3.8) is 0 Å². The summed E-state index contributed by atoms with van der Waals surface area (Å²) >= 11 is 0. The summed E-state index contributed by atoms with van der Waals surface area (Å²) in [4.78, 5) is 13.7. The summed E-state index contributed by atoms with van der Waals surface area (Å²) in [6.45, 7) is 8.27. The van der Waals surface area contributed by atoms with Gasteiger partial charge in [0, 0.05) is 26.2 Å². The second-order valence-corrected chi connectivity index (χ2v) is 6.57. The normalized spacial score (nSPS) is 16.0. The third-order valence-electron chi connectivity index (χ3n) is 4.74. The lowest BCUT2D eigenvalue weighted by Gasteiger charge is -2.33. The Morgan fingerprint density at radius 3 is 2.58 bits per heavy atom. The zero-order valence-electron chi connectivity index (χ0n) is 14.4. The van der Waals surface area contributed by atoms with Gasteiger partial charge in [-0.15, -0.1) is 0 Å². The summed E-state index contributed by atoms with van der Waals surface area (Å²) < 4.78 is 1.93. The van der Waals surface area contributed by atoms with Gasteiger partial charge in [-0.3, -0.25) is 0 Å². The zero-order valence-corrected chi connectivity index (χ0v) is 14.4. The van der Waals surface area contributed by atoms with Crippen molar-refractivity contribution in [1.82, 2.24) is 24.6 Å². The summed E-state index contributed by atoms with van der Waals surface area (Å²) in [7, 11) is 2.16. The number of aromatic nitrogens is 4. The van der Waals surface area contributed by atoms with Crippen LogP contribution in [0.5, 0.6) is 0 Å². The minimum Gasteiger partial charge on any atom is -0.353 e. The van der Waals surface area contributed by atoms with E-state index >= 15 is 0 Å². The zero-order chi connectivity index (χ0) is 16.7. The fourth-order valence-electron chi connectivity index (χ4n) is 3.23. The minimum absolute atomic E-state index is 0.868. The fourth-order valence-corrected chi connectivity index (χ4v) is 3.23. The maximum Gasteiger partial charge on any atom is 0.168 e. The minimum atomic E-state index is 0.868. The maximum atomic E-state index is 4.62. The van der Waals surface area contributed by atoms with E-state index in [-0.39, 0.29) is 0 Å². The van der Waals surface area contributed by atoms with Gasteiger partial charge in [0.15, 0.2) is 5.65 Å². The van der Waals surface area contributed by atoms with Crippen LogP contribution in [0.2, 0.25) is 0 Å². The van der Waals surface area contributed by atoms with Crippen molar-refractivity contribution in [3.05, 3.63) is 41.9 Å². The largest absolute Gasteiger partial charge is 0.353 e. The molecule has 1 aliphatic rings. The summed E-state index contributed by atoms with van der Waals surface area (Å²) in [6, 6.07) is 6.40. The van der Waals surface area contributed by atoms with E-state index in [0.717, 1.165) is 48.7 Å². The first-order valence-electron chi connectivity index (χ1n) is 8.33. The van der Waals surface area contributed by atoms with E-state index in [2.05, 4.69) is 64.0 Å². The van der Waals surface area contributed by atoms with Gasteiger partial charge in [0.1, 0.15) is 12.1 Å². The van der Waals surface area contributed by atoms with Crippen molar-refractivity contribution in [2.75, 3.05) is 38.1 Å². The Kier molecular flexibility index (Phi) is 3.69. The Labute approximate surface area is 141 Å². The van der Waals surface area contributed by atoms with Gasteiger partial charge in [0.25, 0.3) is 0 Å². The molecule has 0 unspecified atom stereocenters. The number of benzene rings is 1. The van der Waals surface area contributed by atoms with Crippen LogP contribution in [0.4, 0.5) is 5.82 Å². The Morgan fingerprint density at radius 2 is 1.79 bits per heavy atom. The molecule has 3 heterocycles. The first-order chi connectivity index (χ1) is 11.6. The third-order valence-corrected chi connectivity index (χ3v) is 4.74. The molecule has 0 saturated carbocycles. The van der Waals surface area contributed by atoms with Crippen LogP contribution in [-0.2, 0) is 0 Å². The van der Waals surface area contributed by atoms with Crippen LogP contribution in [-0.4, -0.2) is 57.9 Å². The maximum absolute atomic E-state index is 4.62. The van der Waals surface area contributed by atoms with Crippen molar-refractivity contribution in [1.29, 1.82) is 0 Å². The molecule has 0 aliphatic carbocycles. The first-order valence-corrected chi connectivity index (χ1v) is 8.33. The second-order valence-electron chi connectivity index (χ2n) is 6.57. The molecule has 6 nitrogen and oxygen atoms in total. The van der Waals surface area contributed by atoms with Crippen LogP contribution < -0.4 is 4.90 Å². The molecule has 6 heteroatoms. The number of likely N-dealkylation sites (N-methyl/N-ethyl adjacent to an activating group) is 1. The lowest BCUT2D eigenvalue weighted by atomic mass is 10.1. The smallest absolute Gasteiger partial charge is 0.168 e. The SMILES string of the molecule is Cc1ccc(C)c(-n2ncc3c(N4CCN(C)CC4)ncnc32)c1. The summed E-state index contributed by atoms with van der Waals surface area (Å²) in [5.41, 5.74) is 4.35. The number of nitrogens with zero attached hydrogens (tertiary/aromatic N) is 6. The lowest BCUT2D eigenvalue weighted by molar-refractivity contribution is 0.312. The first kappa shape index (κ1) is 15.1. The highest BCUT2D eigenvalue weighted by atomic mass is 15.3. The molecule has 1 aliphatic heterocycles. The molecule has 24 heavy (non-hydrogen) atoms. The van der Waals surface area contributed by atoms with Gasteiger partial charge in [-0.25, -0.2) is 14.6 Å². The molecule has 4 rings (SSSR count). The van der Waals surface area contributed by atoms with Crippen molar-refractivity contribution in [2.45, 2.75) is 13.8 Å². The summed E-state index contributed by atoms with van der Waals surface area (Å²) in [5.74, 6) is 0.990. The average molecular weight is 322 g/mol. The molecule has 0 radical (unpaired) electrons. The molecule has 3 aromatic rings. The van der Waals surface area contributed by atoms with E-state index in [9.17, 15) is 0 Å². The molecule has 0 amide bonds. The van der Waals surface area contributed by atoms with Crippen LogP contribution in [0, 0.1) is 13.8 Å². The molecule has 124 valence electrons. The van der Waals surface area contributed by atoms with E-state index < -0.39 is 0 Å². The van der Waals surface area contributed by atoms with Gasteiger partial charge in [-0.1, -0.05) is 12.1 Å². The quantitative estimate of drug-likeness (QED) is 0.724. The van der Waals surface area contributed by atoms with E-state index in [1.165, 1.54) is 11.1 Å². The fraction of sp³-hybridized carbons (Fsp3) is 0.389. The van der Waals surface area contributed by atoms with Crippen molar-refractivity contribution in [2.24, 2.45) is 0 Å². The molecule has 1 fully saturated rings. The van der Waals surface area contributed by atoms with Crippen molar-refractivity contribution >= 4 is 16.9 Å². The topological polar surface area (TPSA) is 50.1 Å². The van der Waals surface area contributed by atoms with Gasteiger partial charge in [-0.05, 0) is 38.1 Å². The predicted molar refractivity (Wildman–Crippen MR) is 95.8 cm³/mol. The monoisotopic (exact) mass is 322 g/mol. The lowest BCUT2D eigenvalue weighted by Crippen LogP contribution is -2.44. The van der Waals surface area contributed by atoms with Gasteiger partial charge in [0.05, 0.1) is 17.3 Å². The third kappa shape index (κ3) is 2.53. The number of rotatable bonds is 2. The number of hydrogen-bond acceptors (Lipinski definition) is 5. The van der Waals surface area contributed by atoms with E-state index in [1.807, 2.05) is 10.9 Å². The van der Waals surface area contributed by atoms with Crippen LogP contribution in [0.15, 0.2) is 30.7 Å². The molecule has 0 bridgehead atoms. The average Bonchev–Trinajstić information content (AvgIpc) is 3.02. The van der Waals surface area contributed by atoms with Crippen LogP contribution in [0.3, 0.4) is 0 Å². The predicted octanol–water partition coefficient (Wildman–Crippen LogP) is 2.18. The number of fused-ring (bicyclic) bond motifs is 1. The van der Waals surface area contributed by atoms with Crippen LogP contribution >= 0.6 is 0 Å². The van der Waals surface area contributed by atoms with Crippen LogP contribution in [0.1, 0.15) is 11.1 Å². The van der Waals surface area contributed by atoms with Gasteiger partial charge in [-0.2, -0.15) is 5.10 Å². The molecular weight excluding hydrogens is 300 g/mol. The Hall–Kier alpha value is -2.47. The van der Waals surface area contributed by atoms with E-state index in [0.29, 0.717) is 0 Å². The van der Waals surface area contributed by atoms with Crippen molar-refractivity contribution < 1.29 is 0 Å².